The molecule has 0 fully saturated rings. The molecular weight excluding hydrogens is 217 g/mol. The van der Waals surface area contributed by atoms with Gasteiger partial charge >= 0.3 is 0 Å². The molecule has 0 heterocycles. The predicted octanol–water partition coefficient (Wildman–Crippen LogP) is 2.09. The van der Waals surface area contributed by atoms with Crippen molar-refractivity contribution >= 4 is 10.0 Å². The van der Waals surface area contributed by atoms with E-state index in [1.54, 1.807) is 19.9 Å². The summed E-state index contributed by atoms with van der Waals surface area (Å²) in [5, 5.41) is 0. The highest BCUT2D eigenvalue weighted by molar-refractivity contribution is 7.93. The summed E-state index contributed by atoms with van der Waals surface area (Å²) in [7, 11) is -3.66. The highest BCUT2D eigenvalue weighted by Gasteiger charge is 2.25. The molecule has 0 aromatic rings. The summed E-state index contributed by atoms with van der Waals surface area (Å²) in [6.45, 7) is 5.27. The highest BCUT2D eigenvalue weighted by atomic mass is 32.2. The molecule has 1 N–H and O–H groups in total. The van der Waals surface area contributed by atoms with E-state index in [0.717, 1.165) is 0 Å². The van der Waals surface area contributed by atoms with Crippen molar-refractivity contribution in [3.63, 3.8) is 0 Å². The van der Waals surface area contributed by atoms with Crippen molar-refractivity contribution in [3.8, 4) is 0 Å². The molecule has 1 rings (SSSR count). The Morgan fingerprint density at radius 3 is 2.67 bits per heavy atom. The summed E-state index contributed by atoms with van der Waals surface area (Å²) in [4.78, 5) is -0.133. The third-order valence-corrected chi connectivity index (χ3v) is 3.85. The van der Waals surface area contributed by atoms with E-state index in [1.807, 2.05) is 6.92 Å². The fourth-order valence-corrected chi connectivity index (χ4v) is 2.99. The average Bonchev–Trinajstić information content (AvgIpc) is 2.06. The highest BCUT2D eigenvalue weighted by Crippen LogP contribution is 2.27. The van der Waals surface area contributed by atoms with E-state index in [0.29, 0.717) is 0 Å². The van der Waals surface area contributed by atoms with Crippen LogP contribution in [0.5, 0.6) is 0 Å². The van der Waals surface area contributed by atoms with Crippen LogP contribution < -0.4 is 4.72 Å². The van der Waals surface area contributed by atoms with E-state index in [-0.39, 0.29) is 23.3 Å². The largest absolute Gasteiger partial charge is 0.239 e. The fraction of sp³-hybridized carbons (Fsp3) is 0.600. The first-order chi connectivity index (χ1) is 6.83. The third kappa shape index (κ3) is 3.14. The average molecular weight is 233 g/mol. The van der Waals surface area contributed by atoms with Crippen LogP contribution in [-0.2, 0) is 10.0 Å². The SMILES string of the molecule is CC1C=CC(F)=C(S(=O)(=O)NC(C)C)C1. The standard InChI is InChI=1S/C10H16FNO2S/c1-7(2)12-15(13,14)10-6-8(3)4-5-9(10)11/h4-5,7-8,12H,6H2,1-3H3. The molecule has 0 aromatic carbocycles. The number of halogens is 1. The van der Waals surface area contributed by atoms with Crippen LogP contribution in [0, 0.1) is 5.92 Å². The van der Waals surface area contributed by atoms with Crippen molar-refractivity contribution < 1.29 is 12.8 Å². The Morgan fingerprint density at radius 2 is 2.13 bits per heavy atom. The molecular formula is C10H16FNO2S. The van der Waals surface area contributed by atoms with Crippen LogP contribution in [0.25, 0.3) is 0 Å². The van der Waals surface area contributed by atoms with E-state index in [4.69, 9.17) is 0 Å². The van der Waals surface area contributed by atoms with Crippen LogP contribution in [0.4, 0.5) is 4.39 Å². The Labute approximate surface area is 90.1 Å². The zero-order valence-electron chi connectivity index (χ0n) is 9.12. The lowest BCUT2D eigenvalue weighted by molar-refractivity contribution is 0.559. The number of rotatable bonds is 3. The molecule has 0 aromatic heterocycles. The molecule has 0 radical (unpaired) electrons. The van der Waals surface area contributed by atoms with Gasteiger partial charge in [-0.25, -0.2) is 17.5 Å². The summed E-state index contributed by atoms with van der Waals surface area (Å²) < 4.78 is 39.1. The lowest BCUT2D eigenvalue weighted by atomic mass is 10.0. The molecule has 1 unspecified atom stereocenters. The van der Waals surface area contributed by atoms with Crippen molar-refractivity contribution in [1.82, 2.24) is 4.72 Å². The second-order valence-electron chi connectivity index (χ2n) is 4.09. The minimum absolute atomic E-state index is 0.0586. The summed E-state index contributed by atoms with van der Waals surface area (Å²) in [5.41, 5.74) is 0. The molecule has 0 spiro atoms. The van der Waals surface area contributed by atoms with Crippen LogP contribution in [0.1, 0.15) is 27.2 Å². The van der Waals surface area contributed by atoms with Gasteiger partial charge in [-0.3, -0.25) is 0 Å². The van der Waals surface area contributed by atoms with Gasteiger partial charge in [0.05, 0.1) is 4.91 Å². The smallest absolute Gasteiger partial charge is 0.209 e. The van der Waals surface area contributed by atoms with Crippen molar-refractivity contribution in [2.24, 2.45) is 5.92 Å². The Bertz CT molecular complexity index is 396. The first-order valence-electron chi connectivity index (χ1n) is 4.92. The second-order valence-corrected chi connectivity index (χ2v) is 5.82. The fourth-order valence-electron chi connectivity index (χ4n) is 1.42. The van der Waals surface area contributed by atoms with Gasteiger partial charge < -0.3 is 0 Å². The van der Waals surface area contributed by atoms with E-state index < -0.39 is 15.9 Å². The van der Waals surface area contributed by atoms with Crippen LogP contribution in [0.3, 0.4) is 0 Å². The lowest BCUT2D eigenvalue weighted by Gasteiger charge is -2.17. The monoisotopic (exact) mass is 233 g/mol. The molecule has 1 aliphatic rings. The quantitative estimate of drug-likeness (QED) is 0.811. The normalized spacial score (nSPS) is 22.6. The minimum Gasteiger partial charge on any atom is -0.209 e. The van der Waals surface area contributed by atoms with Gasteiger partial charge in [0.1, 0.15) is 5.83 Å². The topological polar surface area (TPSA) is 46.2 Å². The molecule has 0 bridgehead atoms. The summed E-state index contributed by atoms with van der Waals surface area (Å²) in [6.07, 6.45) is 3.12. The molecule has 1 aliphatic carbocycles. The molecule has 0 amide bonds. The van der Waals surface area contributed by atoms with Crippen LogP contribution in [-0.4, -0.2) is 14.5 Å². The molecule has 1 atom stereocenters. The van der Waals surface area contributed by atoms with Crippen molar-refractivity contribution in [3.05, 3.63) is 22.9 Å². The van der Waals surface area contributed by atoms with Crippen LogP contribution in [0.15, 0.2) is 22.9 Å². The maximum absolute atomic E-state index is 13.3. The number of hydrogen-bond acceptors (Lipinski definition) is 2. The first-order valence-corrected chi connectivity index (χ1v) is 6.40. The molecule has 0 saturated heterocycles. The lowest BCUT2D eigenvalue weighted by Crippen LogP contribution is -2.32. The molecule has 15 heavy (non-hydrogen) atoms. The number of allylic oxidation sites excluding steroid dienone is 4. The number of sulfonamides is 1. The molecule has 3 nitrogen and oxygen atoms in total. The molecule has 0 aliphatic heterocycles. The second kappa shape index (κ2) is 4.45. The zero-order valence-corrected chi connectivity index (χ0v) is 9.94. The molecule has 0 saturated carbocycles. The van der Waals surface area contributed by atoms with E-state index in [9.17, 15) is 12.8 Å². The van der Waals surface area contributed by atoms with Crippen molar-refractivity contribution in [2.45, 2.75) is 33.2 Å². The van der Waals surface area contributed by atoms with Gasteiger partial charge in [-0.05, 0) is 32.3 Å². The Balaban J connectivity index is 3.01. The van der Waals surface area contributed by atoms with Crippen LogP contribution >= 0.6 is 0 Å². The number of hydrogen-bond donors (Lipinski definition) is 1. The first kappa shape index (κ1) is 12.4. The van der Waals surface area contributed by atoms with E-state index in [2.05, 4.69) is 4.72 Å². The summed E-state index contributed by atoms with van der Waals surface area (Å²) >= 11 is 0. The third-order valence-electron chi connectivity index (χ3n) is 2.06. The molecule has 86 valence electrons. The van der Waals surface area contributed by atoms with Crippen molar-refractivity contribution in [1.29, 1.82) is 0 Å². The molecule has 5 heteroatoms. The zero-order chi connectivity index (χ0) is 11.6. The minimum atomic E-state index is -3.66. The van der Waals surface area contributed by atoms with Gasteiger partial charge in [0.15, 0.2) is 0 Å². The van der Waals surface area contributed by atoms with Crippen molar-refractivity contribution in [2.75, 3.05) is 0 Å². The predicted molar refractivity (Wildman–Crippen MR) is 58.2 cm³/mol. The Kier molecular flexibility index (Phi) is 3.67. The van der Waals surface area contributed by atoms with Gasteiger partial charge in [0.25, 0.3) is 0 Å². The van der Waals surface area contributed by atoms with E-state index >= 15 is 0 Å². The Hall–Kier alpha value is -0.680. The maximum Gasteiger partial charge on any atom is 0.239 e. The van der Waals surface area contributed by atoms with Gasteiger partial charge in [-0.2, -0.15) is 0 Å². The maximum atomic E-state index is 13.3. The summed E-state index contributed by atoms with van der Waals surface area (Å²) in [6, 6.07) is -0.225. The van der Waals surface area contributed by atoms with Gasteiger partial charge in [0, 0.05) is 6.04 Å². The van der Waals surface area contributed by atoms with Crippen LogP contribution in [0.2, 0.25) is 0 Å². The summed E-state index contributed by atoms with van der Waals surface area (Å²) in [5.74, 6) is -0.593. The van der Waals surface area contributed by atoms with Gasteiger partial charge in [0.2, 0.25) is 10.0 Å². The van der Waals surface area contributed by atoms with Gasteiger partial charge in [-0.15, -0.1) is 0 Å². The Morgan fingerprint density at radius 1 is 1.53 bits per heavy atom. The van der Waals surface area contributed by atoms with E-state index in [1.165, 1.54) is 6.08 Å². The number of nitrogens with one attached hydrogen (secondary N) is 1. The van der Waals surface area contributed by atoms with Gasteiger partial charge in [-0.1, -0.05) is 13.0 Å².